The number of pyridine rings is 1. The Labute approximate surface area is 94.8 Å². The topological polar surface area (TPSA) is 45.1 Å². The number of nitrogens with zero attached hydrogens (tertiary/aromatic N) is 1. The first-order valence-electron chi connectivity index (χ1n) is 5.27. The summed E-state index contributed by atoms with van der Waals surface area (Å²) in [5.74, 6) is 0.280. The molecule has 2 aromatic rings. The van der Waals surface area contributed by atoms with Crippen molar-refractivity contribution in [3.05, 3.63) is 54.4 Å². The molecule has 0 saturated carbocycles. The van der Waals surface area contributed by atoms with E-state index in [0.717, 1.165) is 24.3 Å². The highest BCUT2D eigenvalue weighted by atomic mass is 16.3. The third-order valence-electron chi connectivity index (χ3n) is 2.28. The van der Waals surface area contributed by atoms with Crippen molar-refractivity contribution in [2.24, 2.45) is 0 Å². The van der Waals surface area contributed by atoms with Crippen LogP contribution in [0, 0.1) is 0 Å². The lowest BCUT2D eigenvalue weighted by atomic mass is 10.2. The molecule has 0 unspecified atom stereocenters. The van der Waals surface area contributed by atoms with Crippen molar-refractivity contribution in [2.45, 2.75) is 6.42 Å². The van der Waals surface area contributed by atoms with E-state index in [-0.39, 0.29) is 5.75 Å². The van der Waals surface area contributed by atoms with Gasteiger partial charge in [0.05, 0.1) is 0 Å². The van der Waals surface area contributed by atoms with Crippen LogP contribution in [0.15, 0.2) is 48.7 Å². The highest BCUT2D eigenvalue weighted by Gasteiger charge is 1.95. The lowest BCUT2D eigenvalue weighted by molar-refractivity contribution is 0.475. The van der Waals surface area contributed by atoms with Gasteiger partial charge in [0, 0.05) is 36.6 Å². The summed E-state index contributed by atoms with van der Waals surface area (Å²) >= 11 is 0. The van der Waals surface area contributed by atoms with Crippen LogP contribution in [0.4, 0.5) is 5.69 Å². The number of phenolic OH excluding ortho intramolecular Hbond substituents is 1. The maximum atomic E-state index is 9.28. The number of aromatic nitrogens is 1. The van der Waals surface area contributed by atoms with Crippen LogP contribution in [-0.4, -0.2) is 16.6 Å². The fourth-order valence-corrected chi connectivity index (χ4v) is 1.50. The van der Waals surface area contributed by atoms with Gasteiger partial charge in [-0.2, -0.15) is 0 Å². The summed E-state index contributed by atoms with van der Waals surface area (Å²) in [6, 6.07) is 13.0. The van der Waals surface area contributed by atoms with Crippen molar-refractivity contribution in [1.82, 2.24) is 4.98 Å². The Hall–Kier alpha value is -2.03. The highest BCUT2D eigenvalue weighted by molar-refractivity contribution is 5.47. The molecule has 82 valence electrons. The Kier molecular flexibility index (Phi) is 3.38. The monoisotopic (exact) mass is 214 g/mol. The van der Waals surface area contributed by atoms with E-state index in [1.54, 1.807) is 18.3 Å². The molecule has 3 nitrogen and oxygen atoms in total. The molecule has 0 atom stereocenters. The third-order valence-corrected chi connectivity index (χ3v) is 2.28. The second-order valence-corrected chi connectivity index (χ2v) is 3.55. The number of phenols is 1. The SMILES string of the molecule is Oc1cccc(NCCc2ccccn2)c1. The molecule has 2 rings (SSSR count). The van der Waals surface area contributed by atoms with Gasteiger partial charge in [-0.1, -0.05) is 12.1 Å². The van der Waals surface area contributed by atoms with Crippen molar-refractivity contribution in [2.75, 3.05) is 11.9 Å². The first kappa shape index (κ1) is 10.5. The van der Waals surface area contributed by atoms with Crippen molar-refractivity contribution in [1.29, 1.82) is 0 Å². The summed E-state index contributed by atoms with van der Waals surface area (Å²) in [5.41, 5.74) is 1.99. The molecule has 16 heavy (non-hydrogen) atoms. The number of anilines is 1. The average molecular weight is 214 g/mol. The maximum Gasteiger partial charge on any atom is 0.117 e. The van der Waals surface area contributed by atoms with Crippen molar-refractivity contribution in [3.8, 4) is 5.75 Å². The molecule has 2 N–H and O–H groups in total. The van der Waals surface area contributed by atoms with Gasteiger partial charge in [-0.05, 0) is 24.3 Å². The minimum absolute atomic E-state index is 0.280. The predicted molar refractivity (Wildman–Crippen MR) is 64.5 cm³/mol. The van der Waals surface area contributed by atoms with Crippen LogP contribution in [0.5, 0.6) is 5.75 Å². The molecular formula is C13H14N2O. The summed E-state index contributed by atoms with van der Waals surface area (Å²) in [5, 5.41) is 12.5. The van der Waals surface area contributed by atoms with E-state index in [1.807, 2.05) is 30.3 Å². The van der Waals surface area contributed by atoms with Gasteiger partial charge in [0.1, 0.15) is 5.75 Å². The lowest BCUT2D eigenvalue weighted by Gasteiger charge is -2.06. The molecule has 1 aromatic heterocycles. The summed E-state index contributed by atoms with van der Waals surface area (Å²) in [6.45, 7) is 0.806. The molecule has 0 fully saturated rings. The highest BCUT2D eigenvalue weighted by Crippen LogP contribution is 2.15. The van der Waals surface area contributed by atoms with E-state index in [4.69, 9.17) is 0 Å². The van der Waals surface area contributed by atoms with E-state index < -0.39 is 0 Å². The van der Waals surface area contributed by atoms with Crippen molar-refractivity contribution >= 4 is 5.69 Å². The molecule has 0 aliphatic heterocycles. The number of hydrogen-bond donors (Lipinski definition) is 2. The quantitative estimate of drug-likeness (QED) is 0.821. The molecule has 0 spiro atoms. The average Bonchev–Trinajstić information content (AvgIpc) is 2.30. The van der Waals surface area contributed by atoms with E-state index in [1.165, 1.54) is 0 Å². The molecule has 0 aliphatic carbocycles. The summed E-state index contributed by atoms with van der Waals surface area (Å²) in [4.78, 5) is 4.24. The third kappa shape index (κ3) is 2.98. The Morgan fingerprint density at radius 2 is 2.06 bits per heavy atom. The van der Waals surface area contributed by atoms with Gasteiger partial charge in [-0.15, -0.1) is 0 Å². The molecule has 1 aromatic carbocycles. The van der Waals surface area contributed by atoms with Gasteiger partial charge in [0.15, 0.2) is 0 Å². The van der Waals surface area contributed by atoms with Crippen LogP contribution in [0.1, 0.15) is 5.69 Å². The largest absolute Gasteiger partial charge is 0.508 e. The zero-order chi connectivity index (χ0) is 11.2. The molecular weight excluding hydrogens is 200 g/mol. The van der Waals surface area contributed by atoms with Crippen LogP contribution < -0.4 is 5.32 Å². The predicted octanol–water partition coefficient (Wildman–Crippen LogP) is 2.44. The minimum atomic E-state index is 0.280. The fraction of sp³-hybridized carbons (Fsp3) is 0.154. The van der Waals surface area contributed by atoms with Gasteiger partial charge in [0.25, 0.3) is 0 Å². The summed E-state index contributed by atoms with van der Waals surface area (Å²) in [6.07, 6.45) is 2.67. The normalized spacial score (nSPS) is 10.0. The summed E-state index contributed by atoms with van der Waals surface area (Å²) < 4.78 is 0. The van der Waals surface area contributed by atoms with Crippen molar-refractivity contribution < 1.29 is 5.11 Å². The Bertz CT molecular complexity index is 443. The van der Waals surface area contributed by atoms with Gasteiger partial charge in [-0.25, -0.2) is 0 Å². The standard InChI is InChI=1S/C13H14N2O/c16-13-6-3-5-12(10-13)15-9-7-11-4-1-2-8-14-11/h1-6,8,10,15-16H,7,9H2. The Morgan fingerprint density at radius 3 is 2.81 bits per heavy atom. The molecule has 1 heterocycles. The molecule has 0 saturated heterocycles. The second-order valence-electron chi connectivity index (χ2n) is 3.55. The van der Waals surface area contributed by atoms with E-state index in [2.05, 4.69) is 10.3 Å². The smallest absolute Gasteiger partial charge is 0.117 e. The Morgan fingerprint density at radius 1 is 1.12 bits per heavy atom. The van der Waals surface area contributed by atoms with Gasteiger partial charge < -0.3 is 10.4 Å². The maximum absolute atomic E-state index is 9.28. The van der Waals surface area contributed by atoms with Crippen LogP contribution in [0.25, 0.3) is 0 Å². The van der Waals surface area contributed by atoms with Crippen LogP contribution in [-0.2, 0) is 6.42 Å². The number of rotatable bonds is 4. The molecule has 0 radical (unpaired) electrons. The minimum Gasteiger partial charge on any atom is -0.508 e. The molecule has 0 amide bonds. The van der Waals surface area contributed by atoms with Crippen LogP contribution in [0.2, 0.25) is 0 Å². The first-order valence-corrected chi connectivity index (χ1v) is 5.27. The van der Waals surface area contributed by atoms with E-state index in [0.29, 0.717) is 0 Å². The second kappa shape index (κ2) is 5.16. The fourth-order valence-electron chi connectivity index (χ4n) is 1.50. The zero-order valence-corrected chi connectivity index (χ0v) is 8.93. The van der Waals surface area contributed by atoms with E-state index >= 15 is 0 Å². The van der Waals surface area contributed by atoms with Gasteiger partial charge in [-0.3, -0.25) is 4.98 Å². The first-order chi connectivity index (χ1) is 7.84. The number of nitrogens with one attached hydrogen (secondary N) is 1. The van der Waals surface area contributed by atoms with Crippen LogP contribution in [0.3, 0.4) is 0 Å². The van der Waals surface area contributed by atoms with Gasteiger partial charge >= 0.3 is 0 Å². The molecule has 3 heteroatoms. The zero-order valence-electron chi connectivity index (χ0n) is 8.93. The molecule has 0 aliphatic rings. The number of benzene rings is 1. The van der Waals surface area contributed by atoms with Crippen molar-refractivity contribution in [3.63, 3.8) is 0 Å². The number of aromatic hydroxyl groups is 1. The molecule has 0 bridgehead atoms. The number of hydrogen-bond acceptors (Lipinski definition) is 3. The Balaban J connectivity index is 1.85. The van der Waals surface area contributed by atoms with E-state index in [9.17, 15) is 5.11 Å². The summed E-state index contributed by atoms with van der Waals surface area (Å²) in [7, 11) is 0. The van der Waals surface area contributed by atoms with Gasteiger partial charge in [0.2, 0.25) is 0 Å². The lowest BCUT2D eigenvalue weighted by Crippen LogP contribution is -2.05. The van der Waals surface area contributed by atoms with Crippen LogP contribution >= 0.6 is 0 Å².